The van der Waals surface area contributed by atoms with E-state index < -0.39 is 0 Å². The van der Waals surface area contributed by atoms with E-state index in [0.29, 0.717) is 19.3 Å². The number of rotatable bonds is 6. The molecule has 0 aromatic rings. The first-order valence-corrected chi connectivity index (χ1v) is 8.94. The molecule has 0 aromatic heterocycles. The number of hydrogen-bond acceptors (Lipinski definition) is 3. The smallest absolute Gasteiger partial charge is 0.0579 e. The summed E-state index contributed by atoms with van der Waals surface area (Å²) in [7, 11) is 0. The lowest BCUT2D eigenvalue weighted by Crippen LogP contribution is -2.55. The van der Waals surface area contributed by atoms with Gasteiger partial charge in [0.1, 0.15) is 0 Å². The lowest BCUT2D eigenvalue weighted by Gasteiger charge is -2.43. The number of hydrogen-bond donors (Lipinski definition) is 2. The number of ether oxygens (including phenoxy) is 1. The highest BCUT2D eigenvalue weighted by Gasteiger charge is 2.39. The highest BCUT2D eigenvalue weighted by atomic mass is 16.5. The van der Waals surface area contributed by atoms with Gasteiger partial charge < -0.3 is 15.2 Å². The SMILES string of the molecule is OCC1(CN[C@H](C2=CCCCC2)C2CCCCC2)COC1. The molecule has 1 saturated carbocycles. The van der Waals surface area contributed by atoms with Crippen LogP contribution in [0.25, 0.3) is 0 Å². The zero-order valence-electron chi connectivity index (χ0n) is 13.3. The maximum absolute atomic E-state index is 9.64. The van der Waals surface area contributed by atoms with E-state index in [0.717, 1.165) is 12.5 Å². The molecule has 0 unspecified atom stereocenters. The van der Waals surface area contributed by atoms with E-state index in [1.165, 1.54) is 57.8 Å². The van der Waals surface area contributed by atoms with Gasteiger partial charge in [-0.3, -0.25) is 0 Å². The van der Waals surface area contributed by atoms with Crippen LogP contribution in [0.5, 0.6) is 0 Å². The molecule has 2 aliphatic carbocycles. The molecule has 3 rings (SSSR count). The van der Waals surface area contributed by atoms with Crippen LogP contribution in [0.15, 0.2) is 11.6 Å². The molecule has 1 saturated heterocycles. The molecule has 0 radical (unpaired) electrons. The lowest BCUT2D eigenvalue weighted by atomic mass is 9.77. The largest absolute Gasteiger partial charge is 0.396 e. The molecule has 1 aliphatic heterocycles. The second-order valence-electron chi connectivity index (χ2n) is 7.43. The van der Waals surface area contributed by atoms with Gasteiger partial charge in [-0.2, -0.15) is 0 Å². The number of aliphatic hydroxyl groups excluding tert-OH is 1. The fourth-order valence-electron chi connectivity index (χ4n) is 4.18. The molecule has 0 spiro atoms. The van der Waals surface area contributed by atoms with Gasteiger partial charge in [-0.05, 0) is 44.4 Å². The maximum atomic E-state index is 9.64. The quantitative estimate of drug-likeness (QED) is 0.740. The van der Waals surface area contributed by atoms with Crippen molar-refractivity contribution in [2.45, 2.75) is 63.8 Å². The average molecular weight is 293 g/mol. The fraction of sp³-hybridized carbons (Fsp3) is 0.889. The van der Waals surface area contributed by atoms with Crippen LogP contribution in [-0.2, 0) is 4.74 Å². The van der Waals surface area contributed by atoms with Crippen LogP contribution in [0, 0.1) is 11.3 Å². The Labute approximate surface area is 129 Å². The fourth-order valence-corrected chi connectivity index (χ4v) is 4.18. The minimum Gasteiger partial charge on any atom is -0.396 e. The van der Waals surface area contributed by atoms with Crippen LogP contribution in [0.4, 0.5) is 0 Å². The van der Waals surface area contributed by atoms with Crippen molar-refractivity contribution in [2.75, 3.05) is 26.4 Å². The molecule has 1 atom stereocenters. The third-order valence-electron chi connectivity index (χ3n) is 5.70. The van der Waals surface area contributed by atoms with Gasteiger partial charge in [0.25, 0.3) is 0 Å². The van der Waals surface area contributed by atoms with Gasteiger partial charge in [0, 0.05) is 12.6 Å². The molecule has 3 aliphatic rings. The van der Waals surface area contributed by atoms with Gasteiger partial charge in [-0.25, -0.2) is 0 Å². The van der Waals surface area contributed by atoms with E-state index in [9.17, 15) is 5.11 Å². The zero-order chi connectivity index (χ0) is 14.5. The van der Waals surface area contributed by atoms with Crippen LogP contribution in [-0.4, -0.2) is 37.5 Å². The molecule has 2 fully saturated rings. The minimum absolute atomic E-state index is 0.0118. The Morgan fingerprint density at radius 1 is 1.19 bits per heavy atom. The molecule has 120 valence electrons. The molecule has 1 heterocycles. The van der Waals surface area contributed by atoms with Crippen molar-refractivity contribution in [2.24, 2.45) is 11.3 Å². The Bertz CT molecular complexity index is 351. The topological polar surface area (TPSA) is 41.5 Å². The highest BCUT2D eigenvalue weighted by Crippen LogP contribution is 2.34. The van der Waals surface area contributed by atoms with E-state index in [-0.39, 0.29) is 12.0 Å². The lowest BCUT2D eigenvalue weighted by molar-refractivity contribution is -0.135. The van der Waals surface area contributed by atoms with E-state index in [2.05, 4.69) is 11.4 Å². The summed E-state index contributed by atoms with van der Waals surface area (Å²) in [4.78, 5) is 0. The van der Waals surface area contributed by atoms with Gasteiger partial charge in [-0.15, -0.1) is 0 Å². The van der Waals surface area contributed by atoms with Gasteiger partial charge >= 0.3 is 0 Å². The second-order valence-corrected chi connectivity index (χ2v) is 7.43. The monoisotopic (exact) mass is 293 g/mol. The van der Waals surface area contributed by atoms with Crippen LogP contribution < -0.4 is 5.32 Å². The molecular formula is C18H31NO2. The van der Waals surface area contributed by atoms with Crippen molar-refractivity contribution in [1.82, 2.24) is 5.32 Å². The number of aliphatic hydroxyl groups is 1. The first kappa shape index (κ1) is 15.5. The Morgan fingerprint density at radius 2 is 2.00 bits per heavy atom. The Morgan fingerprint density at radius 3 is 2.57 bits per heavy atom. The van der Waals surface area contributed by atoms with Gasteiger partial charge in [0.2, 0.25) is 0 Å². The first-order valence-electron chi connectivity index (χ1n) is 8.94. The van der Waals surface area contributed by atoms with E-state index in [1.807, 2.05) is 0 Å². The molecule has 21 heavy (non-hydrogen) atoms. The van der Waals surface area contributed by atoms with Crippen LogP contribution in [0.3, 0.4) is 0 Å². The molecule has 3 heteroatoms. The summed E-state index contributed by atoms with van der Waals surface area (Å²) >= 11 is 0. The highest BCUT2D eigenvalue weighted by molar-refractivity contribution is 5.15. The summed E-state index contributed by atoms with van der Waals surface area (Å²) < 4.78 is 5.34. The third-order valence-corrected chi connectivity index (χ3v) is 5.70. The summed E-state index contributed by atoms with van der Waals surface area (Å²) in [6.45, 7) is 2.58. The van der Waals surface area contributed by atoms with Crippen molar-refractivity contribution < 1.29 is 9.84 Å². The van der Waals surface area contributed by atoms with Crippen LogP contribution in [0.2, 0.25) is 0 Å². The van der Waals surface area contributed by atoms with Crippen LogP contribution in [0.1, 0.15) is 57.8 Å². The van der Waals surface area contributed by atoms with Crippen molar-refractivity contribution in [1.29, 1.82) is 0 Å². The molecular weight excluding hydrogens is 262 g/mol. The molecule has 0 bridgehead atoms. The van der Waals surface area contributed by atoms with Gasteiger partial charge in [-0.1, -0.05) is 30.9 Å². The Kier molecular flexibility index (Phi) is 5.36. The molecule has 2 N–H and O–H groups in total. The van der Waals surface area contributed by atoms with Crippen LogP contribution >= 0.6 is 0 Å². The minimum atomic E-state index is -0.0118. The van der Waals surface area contributed by atoms with Crippen molar-refractivity contribution in [3.63, 3.8) is 0 Å². The van der Waals surface area contributed by atoms with Gasteiger partial charge in [0.15, 0.2) is 0 Å². The predicted molar refractivity (Wildman–Crippen MR) is 85.3 cm³/mol. The summed E-state index contributed by atoms with van der Waals surface area (Å²) in [5.41, 5.74) is 1.64. The summed E-state index contributed by atoms with van der Waals surface area (Å²) in [5, 5.41) is 13.5. The Hall–Kier alpha value is -0.380. The third kappa shape index (κ3) is 3.69. The average Bonchev–Trinajstić information content (AvgIpc) is 2.52. The normalized spacial score (nSPS) is 27.8. The van der Waals surface area contributed by atoms with Gasteiger partial charge in [0.05, 0.1) is 25.2 Å². The molecule has 3 nitrogen and oxygen atoms in total. The summed E-state index contributed by atoms with van der Waals surface area (Å²) in [6, 6.07) is 0.551. The predicted octanol–water partition coefficient (Wildman–Crippen LogP) is 3.03. The first-order chi connectivity index (χ1) is 10.3. The zero-order valence-corrected chi connectivity index (χ0v) is 13.3. The van der Waals surface area contributed by atoms with E-state index in [1.54, 1.807) is 5.57 Å². The van der Waals surface area contributed by atoms with Crippen molar-refractivity contribution in [3.8, 4) is 0 Å². The standard InChI is InChI=1S/C18H31NO2/c20-12-18(13-21-14-18)11-19-17(15-7-3-1-4-8-15)16-9-5-2-6-10-16/h7,16-17,19-20H,1-6,8-14H2/t17-/m1/s1. The van der Waals surface area contributed by atoms with Crippen molar-refractivity contribution >= 4 is 0 Å². The van der Waals surface area contributed by atoms with E-state index >= 15 is 0 Å². The summed E-state index contributed by atoms with van der Waals surface area (Å²) in [5.74, 6) is 0.805. The summed E-state index contributed by atoms with van der Waals surface area (Å²) in [6.07, 6.45) is 14.7. The molecule has 0 aromatic carbocycles. The second kappa shape index (κ2) is 7.26. The molecule has 0 amide bonds. The number of nitrogens with one attached hydrogen (secondary N) is 1. The van der Waals surface area contributed by atoms with Crippen molar-refractivity contribution in [3.05, 3.63) is 11.6 Å². The number of allylic oxidation sites excluding steroid dienone is 1. The van der Waals surface area contributed by atoms with E-state index in [4.69, 9.17) is 4.74 Å². The Balaban J connectivity index is 1.64. The maximum Gasteiger partial charge on any atom is 0.0579 e.